The molecule has 0 saturated carbocycles. The van der Waals surface area contributed by atoms with Gasteiger partial charge in [0.05, 0.1) is 4.92 Å². The molecule has 1 amide bonds. The summed E-state index contributed by atoms with van der Waals surface area (Å²) in [6.45, 7) is 1.24. The number of anilines is 1. The third-order valence-electron chi connectivity index (χ3n) is 3.79. The summed E-state index contributed by atoms with van der Waals surface area (Å²) in [5.41, 5.74) is 0.414. The normalized spacial score (nSPS) is 10.6. The van der Waals surface area contributed by atoms with Crippen LogP contribution >= 0.6 is 22.9 Å². The molecule has 0 radical (unpaired) electrons. The molecule has 1 heterocycles. The van der Waals surface area contributed by atoms with Gasteiger partial charge in [-0.15, -0.1) is 11.3 Å². The summed E-state index contributed by atoms with van der Waals surface area (Å²) in [5, 5.41) is 14.5. The molecule has 1 N–H and O–H groups in total. The highest BCUT2D eigenvalue weighted by atomic mass is 35.5. The minimum atomic E-state index is -0.701. The lowest BCUT2D eigenvalue weighted by Gasteiger charge is -2.07. The molecule has 2 aromatic carbocycles. The zero-order valence-electron chi connectivity index (χ0n) is 14.0. The molecule has 138 valence electrons. The Balaban J connectivity index is 1.69. The van der Waals surface area contributed by atoms with Gasteiger partial charge in [0, 0.05) is 15.8 Å². The van der Waals surface area contributed by atoms with Crippen LogP contribution in [0.25, 0.3) is 10.1 Å². The summed E-state index contributed by atoms with van der Waals surface area (Å²) < 4.78 is 6.00. The van der Waals surface area contributed by atoms with E-state index in [4.69, 9.17) is 16.3 Å². The number of carbonyl (C=O) groups excluding carboxylic acids is 2. The van der Waals surface area contributed by atoms with Crippen molar-refractivity contribution < 1.29 is 19.2 Å². The van der Waals surface area contributed by atoms with Crippen LogP contribution in [0, 0.1) is 17.0 Å². The van der Waals surface area contributed by atoms with Gasteiger partial charge in [-0.05, 0) is 36.1 Å². The molecule has 3 rings (SSSR count). The van der Waals surface area contributed by atoms with E-state index in [0.29, 0.717) is 4.88 Å². The summed E-state index contributed by atoms with van der Waals surface area (Å²) in [7, 11) is 0. The van der Waals surface area contributed by atoms with Gasteiger partial charge in [-0.2, -0.15) is 0 Å². The average Bonchev–Trinajstić information content (AvgIpc) is 2.97. The SMILES string of the molecule is Cc1c(C(=O)OCC(=O)Nc2cc(Cl)ccc2[N+](=O)[O-])sc2ccccc12. The molecule has 7 nitrogen and oxygen atoms in total. The van der Waals surface area contributed by atoms with Crippen molar-refractivity contribution in [1.29, 1.82) is 0 Å². The molecular weight excluding hydrogens is 392 g/mol. The van der Waals surface area contributed by atoms with Gasteiger partial charge < -0.3 is 10.1 Å². The van der Waals surface area contributed by atoms with Crippen molar-refractivity contribution in [2.75, 3.05) is 11.9 Å². The maximum atomic E-state index is 12.3. The highest BCUT2D eigenvalue weighted by Crippen LogP contribution is 2.31. The molecular formula is C18H13ClN2O5S. The molecule has 0 unspecified atom stereocenters. The van der Waals surface area contributed by atoms with Gasteiger partial charge in [0.1, 0.15) is 10.6 Å². The highest BCUT2D eigenvalue weighted by molar-refractivity contribution is 7.21. The van der Waals surface area contributed by atoms with E-state index in [9.17, 15) is 19.7 Å². The first kappa shape index (κ1) is 18.8. The predicted molar refractivity (Wildman–Crippen MR) is 104 cm³/mol. The number of benzene rings is 2. The van der Waals surface area contributed by atoms with Crippen LogP contribution in [0.5, 0.6) is 0 Å². The number of thiophene rings is 1. The molecule has 0 aliphatic rings. The number of hydrogen-bond acceptors (Lipinski definition) is 6. The summed E-state index contributed by atoms with van der Waals surface area (Å²) >= 11 is 7.09. The number of carbonyl (C=O) groups is 2. The Labute approximate surface area is 162 Å². The maximum absolute atomic E-state index is 12.3. The molecule has 1 aromatic heterocycles. The minimum absolute atomic E-state index is 0.0633. The number of nitrogens with zero attached hydrogens (tertiary/aromatic N) is 1. The second-order valence-corrected chi connectivity index (χ2v) is 7.08. The van der Waals surface area contributed by atoms with Crippen molar-refractivity contribution in [1.82, 2.24) is 0 Å². The van der Waals surface area contributed by atoms with Crippen LogP contribution in [0.4, 0.5) is 11.4 Å². The van der Waals surface area contributed by atoms with E-state index in [1.165, 1.54) is 29.5 Å². The number of hydrogen-bond donors (Lipinski definition) is 1. The quantitative estimate of drug-likeness (QED) is 0.381. The number of esters is 1. The van der Waals surface area contributed by atoms with E-state index in [2.05, 4.69) is 5.32 Å². The smallest absolute Gasteiger partial charge is 0.349 e. The second-order valence-electron chi connectivity index (χ2n) is 5.60. The number of nitro groups is 1. The van der Waals surface area contributed by atoms with Crippen LogP contribution < -0.4 is 5.32 Å². The van der Waals surface area contributed by atoms with Crippen LogP contribution in [0.1, 0.15) is 15.2 Å². The molecule has 0 saturated heterocycles. The molecule has 0 aliphatic carbocycles. The van der Waals surface area contributed by atoms with Crippen molar-refractivity contribution in [3.63, 3.8) is 0 Å². The number of halogens is 1. The van der Waals surface area contributed by atoms with Gasteiger partial charge in [-0.25, -0.2) is 4.79 Å². The number of nitrogens with one attached hydrogen (secondary N) is 1. The van der Waals surface area contributed by atoms with Gasteiger partial charge in [0.15, 0.2) is 6.61 Å². The topological polar surface area (TPSA) is 98.5 Å². The maximum Gasteiger partial charge on any atom is 0.349 e. The molecule has 0 atom stereocenters. The van der Waals surface area contributed by atoms with E-state index in [-0.39, 0.29) is 16.4 Å². The average molecular weight is 405 g/mol. The van der Waals surface area contributed by atoms with Crippen molar-refractivity contribution in [2.24, 2.45) is 0 Å². The third kappa shape index (κ3) is 4.07. The van der Waals surface area contributed by atoms with Crippen LogP contribution in [0.2, 0.25) is 5.02 Å². The Hall–Kier alpha value is -2.97. The Morgan fingerprint density at radius 2 is 2.00 bits per heavy atom. The number of ether oxygens (including phenoxy) is 1. The zero-order valence-corrected chi connectivity index (χ0v) is 15.6. The van der Waals surface area contributed by atoms with E-state index in [1.54, 1.807) is 0 Å². The zero-order chi connectivity index (χ0) is 19.6. The fourth-order valence-corrected chi connectivity index (χ4v) is 3.79. The minimum Gasteiger partial charge on any atom is -0.451 e. The summed E-state index contributed by atoms with van der Waals surface area (Å²) in [5.74, 6) is -1.32. The molecule has 0 aliphatic heterocycles. The van der Waals surface area contributed by atoms with E-state index in [0.717, 1.165) is 15.6 Å². The molecule has 9 heteroatoms. The molecule has 0 bridgehead atoms. The number of aryl methyl sites for hydroxylation is 1. The number of rotatable bonds is 5. The fraction of sp³-hybridized carbons (Fsp3) is 0.111. The van der Waals surface area contributed by atoms with Crippen molar-refractivity contribution in [3.8, 4) is 0 Å². The summed E-state index contributed by atoms with van der Waals surface area (Å²) in [6.07, 6.45) is 0. The Morgan fingerprint density at radius 1 is 1.26 bits per heavy atom. The van der Waals surface area contributed by atoms with Crippen molar-refractivity contribution >= 4 is 56.3 Å². The standard InChI is InChI=1S/C18H13ClN2O5S/c1-10-12-4-2-3-5-15(12)27-17(10)18(23)26-9-16(22)20-13-8-11(19)6-7-14(13)21(24)25/h2-8H,9H2,1H3,(H,20,22). The number of amides is 1. The second kappa shape index (κ2) is 7.73. The van der Waals surface area contributed by atoms with Crippen LogP contribution in [0.15, 0.2) is 42.5 Å². The lowest BCUT2D eigenvalue weighted by atomic mass is 10.1. The van der Waals surface area contributed by atoms with Gasteiger partial charge >= 0.3 is 5.97 Å². The van der Waals surface area contributed by atoms with Crippen LogP contribution in [0.3, 0.4) is 0 Å². The lowest BCUT2D eigenvalue weighted by Crippen LogP contribution is -2.21. The van der Waals surface area contributed by atoms with E-state index >= 15 is 0 Å². The first-order valence-electron chi connectivity index (χ1n) is 7.76. The number of fused-ring (bicyclic) bond motifs is 1. The van der Waals surface area contributed by atoms with E-state index < -0.39 is 23.4 Å². The van der Waals surface area contributed by atoms with Crippen LogP contribution in [-0.2, 0) is 9.53 Å². The Bertz CT molecular complexity index is 1060. The molecule has 27 heavy (non-hydrogen) atoms. The largest absolute Gasteiger partial charge is 0.451 e. The molecule has 3 aromatic rings. The molecule has 0 fully saturated rings. The number of nitro benzene ring substituents is 1. The summed E-state index contributed by atoms with van der Waals surface area (Å²) in [4.78, 5) is 35.1. The Morgan fingerprint density at radius 3 is 2.70 bits per heavy atom. The summed E-state index contributed by atoms with van der Waals surface area (Å²) in [6, 6.07) is 11.3. The van der Waals surface area contributed by atoms with Crippen molar-refractivity contribution in [2.45, 2.75) is 6.92 Å². The van der Waals surface area contributed by atoms with Crippen molar-refractivity contribution in [3.05, 3.63) is 68.0 Å². The highest BCUT2D eigenvalue weighted by Gasteiger charge is 2.20. The third-order valence-corrected chi connectivity index (χ3v) is 5.28. The van der Waals surface area contributed by atoms with E-state index in [1.807, 2.05) is 31.2 Å². The Kier molecular flexibility index (Phi) is 5.38. The molecule has 0 spiro atoms. The first-order chi connectivity index (χ1) is 12.9. The van der Waals surface area contributed by atoms with Gasteiger partial charge in [-0.1, -0.05) is 29.8 Å². The first-order valence-corrected chi connectivity index (χ1v) is 8.95. The predicted octanol–water partition coefficient (Wildman–Crippen LogP) is 4.57. The fourth-order valence-electron chi connectivity index (χ4n) is 2.52. The van der Waals surface area contributed by atoms with Gasteiger partial charge in [-0.3, -0.25) is 14.9 Å². The van der Waals surface area contributed by atoms with Gasteiger partial charge in [0.2, 0.25) is 0 Å². The monoisotopic (exact) mass is 404 g/mol. The lowest BCUT2D eigenvalue weighted by molar-refractivity contribution is -0.383. The van der Waals surface area contributed by atoms with Gasteiger partial charge in [0.25, 0.3) is 11.6 Å². The van der Waals surface area contributed by atoms with Crippen LogP contribution in [-0.4, -0.2) is 23.4 Å².